The van der Waals surface area contributed by atoms with Crippen molar-refractivity contribution < 1.29 is 9.72 Å². The monoisotopic (exact) mass is 392 g/mol. The summed E-state index contributed by atoms with van der Waals surface area (Å²) >= 11 is 0. The summed E-state index contributed by atoms with van der Waals surface area (Å²) in [5, 5.41) is 23.2. The Kier molecular flexibility index (Phi) is 4.99. The molecule has 29 heavy (non-hydrogen) atoms. The molecule has 0 saturated carbocycles. The first-order valence-electron chi connectivity index (χ1n) is 9.52. The Hall–Kier alpha value is -3.67. The number of nitrogens with zero attached hydrogens (tertiary/aromatic N) is 5. The summed E-state index contributed by atoms with van der Waals surface area (Å²) in [6, 6.07) is 11.2. The number of fused-ring (bicyclic) bond motifs is 1. The van der Waals surface area contributed by atoms with Crippen molar-refractivity contribution in [3.8, 4) is 6.07 Å². The molecular weight excluding hydrogens is 372 g/mol. The van der Waals surface area contributed by atoms with Crippen LogP contribution in [-0.4, -0.2) is 46.5 Å². The number of nitrogens with one attached hydrogen (secondary N) is 1. The number of aromatic nitrogens is 1. The van der Waals surface area contributed by atoms with Gasteiger partial charge in [0.2, 0.25) is 0 Å². The number of benzene rings is 1. The van der Waals surface area contributed by atoms with Gasteiger partial charge in [-0.2, -0.15) is 5.26 Å². The summed E-state index contributed by atoms with van der Waals surface area (Å²) in [5.74, 6) is 0.554. The number of urea groups is 1. The molecule has 2 aliphatic rings. The summed E-state index contributed by atoms with van der Waals surface area (Å²) < 4.78 is 0. The number of pyridine rings is 1. The highest BCUT2D eigenvalue weighted by Crippen LogP contribution is 2.27. The minimum atomic E-state index is -0.600. The Labute approximate surface area is 167 Å². The molecule has 0 aliphatic carbocycles. The van der Waals surface area contributed by atoms with E-state index in [2.05, 4.69) is 10.3 Å². The summed E-state index contributed by atoms with van der Waals surface area (Å²) in [6.45, 7) is 2.00. The number of para-hydroxylation sites is 1. The molecule has 0 unspecified atom stereocenters. The summed E-state index contributed by atoms with van der Waals surface area (Å²) in [5.41, 5.74) is 1.73. The molecule has 1 aromatic heterocycles. The third-order valence-corrected chi connectivity index (χ3v) is 5.56. The zero-order valence-corrected chi connectivity index (χ0v) is 15.7. The predicted octanol–water partition coefficient (Wildman–Crippen LogP) is 2.92. The lowest BCUT2D eigenvalue weighted by Crippen LogP contribution is -2.49. The quantitative estimate of drug-likeness (QED) is 0.634. The van der Waals surface area contributed by atoms with Crippen molar-refractivity contribution in [1.82, 2.24) is 9.88 Å². The zero-order valence-electron chi connectivity index (χ0n) is 15.7. The highest BCUT2D eigenvalue weighted by atomic mass is 16.6. The summed E-state index contributed by atoms with van der Waals surface area (Å²) in [4.78, 5) is 31.2. The number of carbonyl (C=O) groups is 1. The number of carbonyl (C=O) groups excluding carboxylic acids is 1. The molecule has 0 radical (unpaired) electrons. The van der Waals surface area contributed by atoms with Gasteiger partial charge in [-0.25, -0.2) is 9.78 Å². The second-order valence-corrected chi connectivity index (χ2v) is 7.18. The largest absolute Gasteiger partial charge is 0.356 e. The highest BCUT2D eigenvalue weighted by Gasteiger charge is 2.30. The van der Waals surface area contributed by atoms with Crippen molar-refractivity contribution in [3.05, 3.63) is 57.8 Å². The van der Waals surface area contributed by atoms with E-state index in [4.69, 9.17) is 0 Å². The van der Waals surface area contributed by atoms with Crippen LogP contribution in [0.2, 0.25) is 0 Å². The molecule has 2 amide bonds. The van der Waals surface area contributed by atoms with E-state index in [0.29, 0.717) is 25.5 Å². The number of nitriles is 1. The van der Waals surface area contributed by atoms with E-state index >= 15 is 0 Å². The van der Waals surface area contributed by atoms with Crippen LogP contribution in [0, 0.1) is 21.4 Å². The Bertz CT molecular complexity index is 994. The van der Waals surface area contributed by atoms with Gasteiger partial charge in [-0.15, -0.1) is 0 Å². The van der Waals surface area contributed by atoms with Crippen LogP contribution in [0.3, 0.4) is 0 Å². The first-order chi connectivity index (χ1) is 14.1. The number of nitro groups is 1. The van der Waals surface area contributed by atoms with Crippen molar-refractivity contribution in [1.29, 1.82) is 5.26 Å². The van der Waals surface area contributed by atoms with Gasteiger partial charge >= 0.3 is 11.7 Å². The van der Waals surface area contributed by atoms with Crippen molar-refractivity contribution in [2.45, 2.75) is 25.3 Å². The smallest absolute Gasteiger partial charge is 0.322 e. The van der Waals surface area contributed by atoms with Crippen LogP contribution >= 0.6 is 0 Å². The number of piperidine rings is 1. The fourth-order valence-corrected chi connectivity index (χ4v) is 3.99. The summed E-state index contributed by atoms with van der Waals surface area (Å²) in [6.07, 6.45) is 3.48. The second-order valence-electron chi connectivity index (χ2n) is 7.18. The van der Waals surface area contributed by atoms with Gasteiger partial charge < -0.3 is 15.1 Å². The molecule has 148 valence electrons. The highest BCUT2D eigenvalue weighted by molar-refractivity contribution is 5.91. The molecule has 4 rings (SSSR count). The molecule has 0 bridgehead atoms. The molecule has 0 spiro atoms. The van der Waals surface area contributed by atoms with E-state index in [-0.39, 0.29) is 23.3 Å². The molecule has 1 aromatic carbocycles. The fourth-order valence-electron chi connectivity index (χ4n) is 3.99. The molecule has 1 saturated heterocycles. The fraction of sp³-hybridized carbons (Fsp3) is 0.350. The van der Waals surface area contributed by atoms with Crippen LogP contribution in [0.4, 0.5) is 22.0 Å². The Balaban J connectivity index is 1.43. The molecule has 0 atom stereocenters. The third kappa shape index (κ3) is 3.69. The molecule has 9 heteroatoms. The Morgan fingerprint density at radius 2 is 2.00 bits per heavy atom. The molecule has 9 nitrogen and oxygen atoms in total. The van der Waals surface area contributed by atoms with Crippen LogP contribution < -0.4 is 10.2 Å². The average Bonchev–Trinajstić information content (AvgIpc) is 2.91. The number of anilines is 2. The maximum atomic E-state index is 12.7. The molecule has 1 fully saturated rings. The second kappa shape index (κ2) is 7.75. The van der Waals surface area contributed by atoms with Crippen LogP contribution in [0.15, 0.2) is 36.5 Å². The van der Waals surface area contributed by atoms with Crippen molar-refractivity contribution >= 4 is 23.2 Å². The topological polar surface area (TPSA) is 115 Å². The minimum Gasteiger partial charge on any atom is -0.356 e. The molecule has 3 heterocycles. The van der Waals surface area contributed by atoms with E-state index in [1.807, 2.05) is 40.1 Å². The van der Waals surface area contributed by atoms with Crippen molar-refractivity contribution in [3.63, 3.8) is 0 Å². The lowest BCUT2D eigenvalue weighted by atomic mass is 10.0. The number of amides is 2. The van der Waals surface area contributed by atoms with Crippen LogP contribution in [0.5, 0.6) is 0 Å². The van der Waals surface area contributed by atoms with Gasteiger partial charge in [0, 0.05) is 37.4 Å². The van der Waals surface area contributed by atoms with Gasteiger partial charge in [0.05, 0.1) is 4.92 Å². The first kappa shape index (κ1) is 18.7. The van der Waals surface area contributed by atoms with E-state index < -0.39 is 4.92 Å². The molecule has 2 aliphatic heterocycles. The number of hydrogen-bond donors (Lipinski definition) is 1. The normalized spacial score (nSPS) is 17.1. The molecule has 1 N–H and O–H groups in total. The average molecular weight is 392 g/mol. The zero-order chi connectivity index (χ0) is 20.4. The number of rotatable bonds is 3. The van der Waals surface area contributed by atoms with Crippen LogP contribution in [0.25, 0.3) is 0 Å². The van der Waals surface area contributed by atoms with Crippen LogP contribution in [0.1, 0.15) is 24.0 Å². The lowest BCUT2D eigenvalue weighted by molar-refractivity contribution is -0.385. The van der Waals surface area contributed by atoms with Gasteiger partial charge in [0.15, 0.2) is 0 Å². The Morgan fingerprint density at radius 3 is 2.72 bits per heavy atom. The van der Waals surface area contributed by atoms with E-state index in [0.717, 1.165) is 36.7 Å². The summed E-state index contributed by atoms with van der Waals surface area (Å²) in [7, 11) is 0. The van der Waals surface area contributed by atoms with Gasteiger partial charge in [0.25, 0.3) is 0 Å². The van der Waals surface area contributed by atoms with E-state index in [9.17, 15) is 20.2 Å². The van der Waals surface area contributed by atoms with Gasteiger partial charge in [-0.05, 0) is 30.9 Å². The lowest BCUT2D eigenvalue weighted by Gasteiger charge is -2.38. The SMILES string of the molecule is N#Cc1cc(N2CCC(N3CCc4ccccc4NC3=O)CC2)ncc1[N+](=O)[O-]. The van der Waals surface area contributed by atoms with Gasteiger partial charge in [-0.3, -0.25) is 10.1 Å². The maximum Gasteiger partial charge on any atom is 0.322 e. The first-order valence-corrected chi connectivity index (χ1v) is 9.52. The molecular formula is C20H20N6O3. The number of hydrogen-bond acceptors (Lipinski definition) is 6. The van der Waals surface area contributed by atoms with Gasteiger partial charge in [-0.1, -0.05) is 18.2 Å². The third-order valence-electron chi connectivity index (χ3n) is 5.56. The van der Waals surface area contributed by atoms with E-state index in [1.165, 1.54) is 6.07 Å². The molecule has 2 aromatic rings. The van der Waals surface area contributed by atoms with Crippen molar-refractivity contribution in [2.24, 2.45) is 0 Å². The minimum absolute atomic E-state index is 0.00628. The van der Waals surface area contributed by atoms with E-state index in [1.54, 1.807) is 0 Å². The maximum absolute atomic E-state index is 12.7. The predicted molar refractivity (Wildman–Crippen MR) is 107 cm³/mol. The standard InChI is InChI=1S/C20H20N6O3/c21-12-15-11-19(22-13-18(15)26(28)29)24-8-6-16(7-9-24)25-10-5-14-3-1-2-4-17(14)23-20(25)27/h1-4,11,13,16H,5-10H2,(H,23,27). The van der Waals surface area contributed by atoms with Gasteiger partial charge in [0.1, 0.15) is 23.6 Å². The Morgan fingerprint density at radius 1 is 1.24 bits per heavy atom. The van der Waals surface area contributed by atoms with Crippen LogP contribution in [-0.2, 0) is 6.42 Å². The van der Waals surface area contributed by atoms with Crippen molar-refractivity contribution in [2.75, 3.05) is 29.9 Å².